The number of carbonyl (C=O) groups is 2. The third kappa shape index (κ3) is 3.15. The van der Waals surface area contributed by atoms with Gasteiger partial charge in [0.2, 0.25) is 0 Å². The molecule has 1 N–H and O–H groups in total. The largest absolute Gasteiger partial charge is 0.480 e. The molecule has 2 fully saturated rings. The zero-order chi connectivity index (χ0) is 15.6. The predicted octanol–water partition coefficient (Wildman–Crippen LogP) is 1.79. The van der Waals surface area contributed by atoms with E-state index >= 15 is 0 Å². The van der Waals surface area contributed by atoms with Crippen molar-refractivity contribution in [3.63, 3.8) is 0 Å². The van der Waals surface area contributed by atoms with Crippen LogP contribution in [0, 0.1) is 5.92 Å². The first kappa shape index (κ1) is 16.1. The van der Waals surface area contributed by atoms with Gasteiger partial charge in [0.15, 0.2) is 0 Å². The zero-order valence-corrected chi connectivity index (χ0v) is 13.2. The first-order chi connectivity index (χ1) is 9.91. The Bertz CT molecular complexity index is 410. The van der Waals surface area contributed by atoms with Crippen molar-refractivity contribution in [3.8, 4) is 0 Å². The SMILES string of the molecule is COCCN(C(=O)N1CCCC1(C)C(=O)O)C(C)C1CC1. The molecule has 1 saturated carbocycles. The fourth-order valence-corrected chi connectivity index (χ4v) is 3.14. The maximum atomic E-state index is 12.9. The van der Waals surface area contributed by atoms with E-state index in [-0.39, 0.29) is 12.1 Å². The van der Waals surface area contributed by atoms with Crippen LogP contribution >= 0.6 is 0 Å². The summed E-state index contributed by atoms with van der Waals surface area (Å²) in [4.78, 5) is 27.8. The second-order valence-electron chi connectivity index (χ2n) is 6.38. The predicted molar refractivity (Wildman–Crippen MR) is 78.1 cm³/mol. The molecule has 2 amide bonds. The molecule has 0 aromatic heterocycles. The van der Waals surface area contributed by atoms with Crippen LogP contribution in [0.5, 0.6) is 0 Å². The number of carbonyl (C=O) groups excluding carboxylic acids is 1. The van der Waals surface area contributed by atoms with Gasteiger partial charge in [-0.3, -0.25) is 0 Å². The van der Waals surface area contributed by atoms with E-state index in [0.29, 0.717) is 32.0 Å². The van der Waals surface area contributed by atoms with Crippen LogP contribution in [0.25, 0.3) is 0 Å². The summed E-state index contributed by atoms with van der Waals surface area (Å²) >= 11 is 0. The van der Waals surface area contributed by atoms with Crippen LogP contribution in [-0.2, 0) is 9.53 Å². The highest BCUT2D eigenvalue weighted by atomic mass is 16.5. The number of carboxylic acid groups (broad SMARTS) is 1. The molecule has 6 heteroatoms. The van der Waals surface area contributed by atoms with Gasteiger partial charge in [0, 0.05) is 26.2 Å². The fourth-order valence-electron chi connectivity index (χ4n) is 3.14. The average Bonchev–Trinajstić information content (AvgIpc) is 3.21. The van der Waals surface area contributed by atoms with Gasteiger partial charge < -0.3 is 19.6 Å². The topological polar surface area (TPSA) is 70.1 Å². The Morgan fingerprint density at radius 1 is 1.48 bits per heavy atom. The van der Waals surface area contributed by atoms with Crippen LogP contribution in [0.1, 0.15) is 39.5 Å². The first-order valence-corrected chi connectivity index (χ1v) is 7.72. The number of hydrogen-bond acceptors (Lipinski definition) is 3. The molecule has 1 aliphatic carbocycles. The Morgan fingerprint density at radius 2 is 2.14 bits per heavy atom. The molecular weight excluding hydrogens is 272 g/mol. The van der Waals surface area contributed by atoms with Gasteiger partial charge in [-0.1, -0.05) is 0 Å². The fraction of sp³-hybridized carbons (Fsp3) is 0.867. The molecule has 0 aromatic carbocycles. The summed E-state index contributed by atoms with van der Waals surface area (Å²) in [5.74, 6) is -0.372. The molecule has 0 spiro atoms. The van der Waals surface area contributed by atoms with Crippen molar-refractivity contribution in [3.05, 3.63) is 0 Å². The lowest BCUT2D eigenvalue weighted by molar-refractivity contribution is -0.147. The van der Waals surface area contributed by atoms with Crippen molar-refractivity contribution in [1.82, 2.24) is 9.80 Å². The van der Waals surface area contributed by atoms with Crippen LogP contribution in [0.4, 0.5) is 4.79 Å². The lowest BCUT2D eigenvalue weighted by Crippen LogP contribution is -2.57. The highest BCUT2D eigenvalue weighted by Crippen LogP contribution is 2.37. The number of hydrogen-bond donors (Lipinski definition) is 1. The third-order valence-corrected chi connectivity index (χ3v) is 4.91. The van der Waals surface area contributed by atoms with Gasteiger partial charge in [-0.05, 0) is 45.4 Å². The van der Waals surface area contributed by atoms with E-state index in [2.05, 4.69) is 6.92 Å². The van der Waals surface area contributed by atoms with Gasteiger partial charge in [0.05, 0.1) is 6.61 Å². The number of methoxy groups -OCH3 is 1. The van der Waals surface area contributed by atoms with E-state index < -0.39 is 11.5 Å². The first-order valence-electron chi connectivity index (χ1n) is 7.72. The van der Waals surface area contributed by atoms with Crippen molar-refractivity contribution >= 4 is 12.0 Å². The standard InChI is InChI=1S/C15H26N2O4/c1-11(12-5-6-12)16(9-10-21-3)14(20)17-8-4-7-15(17,2)13(18)19/h11-12H,4-10H2,1-3H3,(H,18,19). The van der Waals surface area contributed by atoms with E-state index in [0.717, 1.165) is 19.3 Å². The second kappa shape index (κ2) is 6.22. The highest BCUT2D eigenvalue weighted by Gasteiger charge is 2.48. The molecule has 6 nitrogen and oxygen atoms in total. The Labute approximate surface area is 126 Å². The maximum absolute atomic E-state index is 12.9. The smallest absolute Gasteiger partial charge is 0.329 e. The van der Waals surface area contributed by atoms with E-state index in [4.69, 9.17) is 4.74 Å². The maximum Gasteiger partial charge on any atom is 0.329 e. The number of ether oxygens (including phenoxy) is 1. The van der Waals surface area contributed by atoms with E-state index in [1.807, 2.05) is 0 Å². The molecule has 0 radical (unpaired) electrons. The van der Waals surface area contributed by atoms with Crippen molar-refractivity contribution in [2.75, 3.05) is 26.8 Å². The highest BCUT2D eigenvalue weighted by molar-refractivity contribution is 5.86. The normalized spacial score (nSPS) is 26.7. The van der Waals surface area contributed by atoms with Gasteiger partial charge in [0.25, 0.3) is 0 Å². The average molecular weight is 298 g/mol. The second-order valence-corrected chi connectivity index (χ2v) is 6.38. The van der Waals surface area contributed by atoms with Crippen molar-refractivity contribution in [1.29, 1.82) is 0 Å². The number of nitrogens with zero attached hydrogens (tertiary/aromatic N) is 2. The summed E-state index contributed by atoms with van der Waals surface area (Å²) in [5.41, 5.74) is -1.08. The van der Waals surface area contributed by atoms with Gasteiger partial charge in [0.1, 0.15) is 5.54 Å². The molecule has 120 valence electrons. The van der Waals surface area contributed by atoms with Crippen molar-refractivity contribution in [2.45, 2.75) is 51.1 Å². The summed E-state index contributed by atoms with van der Waals surface area (Å²) in [6, 6.07) is -0.0138. The van der Waals surface area contributed by atoms with Crippen LogP contribution in [0.15, 0.2) is 0 Å². The van der Waals surface area contributed by atoms with Crippen LogP contribution in [0.2, 0.25) is 0 Å². The summed E-state index contributed by atoms with van der Waals surface area (Å²) in [5, 5.41) is 9.47. The molecule has 1 aliphatic heterocycles. The summed E-state index contributed by atoms with van der Waals surface area (Å²) in [6.07, 6.45) is 3.55. The third-order valence-electron chi connectivity index (χ3n) is 4.91. The van der Waals surface area contributed by atoms with E-state index in [1.165, 1.54) is 4.90 Å². The van der Waals surface area contributed by atoms with Gasteiger partial charge in [-0.25, -0.2) is 9.59 Å². The monoisotopic (exact) mass is 298 g/mol. The lowest BCUT2D eigenvalue weighted by atomic mass is 9.99. The summed E-state index contributed by atoms with van der Waals surface area (Å²) in [7, 11) is 1.61. The Balaban J connectivity index is 2.14. The molecule has 2 unspecified atom stereocenters. The number of aliphatic carboxylic acids is 1. The summed E-state index contributed by atoms with van der Waals surface area (Å²) < 4.78 is 5.11. The molecular formula is C15H26N2O4. The van der Waals surface area contributed by atoms with Gasteiger partial charge in [-0.15, -0.1) is 0 Å². The minimum Gasteiger partial charge on any atom is -0.480 e. The van der Waals surface area contributed by atoms with E-state index in [1.54, 1.807) is 18.9 Å². The van der Waals surface area contributed by atoms with Crippen molar-refractivity contribution in [2.24, 2.45) is 5.92 Å². The lowest BCUT2D eigenvalue weighted by Gasteiger charge is -2.38. The molecule has 2 rings (SSSR count). The van der Waals surface area contributed by atoms with Gasteiger partial charge >= 0.3 is 12.0 Å². The van der Waals surface area contributed by atoms with Crippen LogP contribution in [0.3, 0.4) is 0 Å². The number of urea groups is 1. The number of carboxylic acids is 1. The number of amides is 2. The quantitative estimate of drug-likeness (QED) is 0.811. The van der Waals surface area contributed by atoms with E-state index in [9.17, 15) is 14.7 Å². The van der Waals surface area contributed by atoms with Gasteiger partial charge in [-0.2, -0.15) is 0 Å². The Morgan fingerprint density at radius 3 is 2.67 bits per heavy atom. The molecule has 0 aromatic rings. The number of rotatable bonds is 6. The molecule has 2 atom stereocenters. The van der Waals surface area contributed by atoms with Crippen LogP contribution in [-0.4, -0.2) is 65.3 Å². The van der Waals surface area contributed by atoms with Crippen molar-refractivity contribution < 1.29 is 19.4 Å². The van der Waals surface area contributed by atoms with Crippen LogP contribution < -0.4 is 0 Å². The summed E-state index contributed by atoms with van der Waals surface area (Å²) in [6.45, 7) is 5.21. The molecule has 0 bridgehead atoms. The minimum atomic E-state index is -1.08. The Kier molecular flexibility index (Phi) is 4.76. The Hall–Kier alpha value is -1.30. The molecule has 1 heterocycles. The number of likely N-dealkylation sites (tertiary alicyclic amines) is 1. The zero-order valence-electron chi connectivity index (χ0n) is 13.2. The minimum absolute atomic E-state index is 0.145. The molecule has 2 aliphatic rings. The molecule has 1 saturated heterocycles. The molecule has 21 heavy (non-hydrogen) atoms.